The lowest BCUT2D eigenvalue weighted by atomic mass is 10.2. The van der Waals surface area contributed by atoms with Crippen molar-refractivity contribution in [3.05, 3.63) is 18.0 Å². The van der Waals surface area contributed by atoms with Crippen LogP contribution in [0.1, 0.15) is 44.8 Å². The van der Waals surface area contributed by atoms with Gasteiger partial charge in [-0.25, -0.2) is 0 Å². The summed E-state index contributed by atoms with van der Waals surface area (Å²) in [4.78, 5) is 2.28. The summed E-state index contributed by atoms with van der Waals surface area (Å²) in [5.41, 5.74) is 1.13. The number of unbranched alkanes of at least 4 members (excludes halogenated alkanes) is 2. The van der Waals surface area contributed by atoms with Crippen LogP contribution in [-0.2, 0) is 6.54 Å². The van der Waals surface area contributed by atoms with Crippen molar-refractivity contribution < 1.29 is 5.11 Å². The Kier molecular flexibility index (Phi) is 6.22. The van der Waals surface area contributed by atoms with Crippen LogP contribution >= 0.6 is 0 Å². The largest absolute Gasteiger partial charge is 0.396 e. The number of rotatable bonds is 8. The van der Waals surface area contributed by atoms with Crippen LogP contribution < -0.4 is 0 Å². The van der Waals surface area contributed by atoms with E-state index in [0.717, 1.165) is 38.0 Å². The lowest BCUT2D eigenvalue weighted by Crippen LogP contribution is -2.19. The number of aliphatic hydroxyl groups excluding tert-OH is 1. The highest BCUT2D eigenvalue weighted by Crippen LogP contribution is 2.06. The van der Waals surface area contributed by atoms with Crippen molar-refractivity contribution in [1.29, 1.82) is 0 Å². The maximum absolute atomic E-state index is 8.70. The molecule has 98 valence electrons. The second kappa shape index (κ2) is 7.45. The molecule has 0 radical (unpaired) electrons. The molecule has 4 nitrogen and oxygen atoms in total. The van der Waals surface area contributed by atoms with Gasteiger partial charge >= 0.3 is 0 Å². The first-order valence-electron chi connectivity index (χ1n) is 6.47. The van der Waals surface area contributed by atoms with Crippen LogP contribution in [0.2, 0.25) is 0 Å². The first-order chi connectivity index (χ1) is 8.13. The third-order valence-corrected chi connectivity index (χ3v) is 2.82. The highest BCUT2D eigenvalue weighted by molar-refractivity contribution is 4.99. The van der Waals surface area contributed by atoms with Gasteiger partial charge in [-0.3, -0.25) is 4.68 Å². The fourth-order valence-corrected chi connectivity index (χ4v) is 1.78. The number of nitrogens with zero attached hydrogens (tertiary/aromatic N) is 3. The normalized spacial score (nSPS) is 11.6. The van der Waals surface area contributed by atoms with E-state index in [-0.39, 0.29) is 0 Å². The predicted molar refractivity (Wildman–Crippen MR) is 69.9 cm³/mol. The molecule has 1 N–H and O–H groups in total. The summed E-state index contributed by atoms with van der Waals surface area (Å²) in [5, 5.41) is 13.2. The van der Waals surface area contributed by atoms with E-state index in [1.54, 1.807) is 0 Å². The van der Waals surface area contributed by atoms with E-state index in [1.165, 1.54) is 0 Å². The minimum Gasteiger partial charge on any atom is -0.396 e. The van der Waals surface area contributed by atoms with Gasteiger partial charge in [-0.15, -0.1) is 0 Å². The van der Waals surface area contributed by atoms with Gasteiger partial charge in [0.2, 0.25) is 0 Å². The molecule has 0 aliphatic rings. The van der Waals surface area contributed by atoms with Crippen molar-refractivity contribution in [3.8, 4) is 0 Å². The molecule has 17 heavy (non-hydrogen) atoms. The fourth-order valence-electron chi connectivity index (χ4n) is 1.78. The third kappa shape index (κ3) is 5.33. The highest BCUT2D eigenvalue weighted by atomic mass is 16.2. The van der Waals surface area contributed by atoms with E-state index in [9.17, 15) is 0 Å². The molecule has 1 aromatic rings. The Labute approximate surface area is 104 Å². The zero-order valence-electron chi connectivity index (χ0n) is 11.3. The van der Waals surface area contributed by atoms with Crippen LogP contribution in [-0.4, -0.2) is 40.0 Å². The molecule has 0 aliphatic heterocycles. The van der Waals surface area contributed by atoms with Gasteiger partial charge in [0.1, 0.15) is 0 Å². The van der Waals surface area contributed by atoms with Crippen LogP contribution in [0, 0.1) is 0 Å². The summed E-state index contributed by atoms with van der Waals surface area (Å²) in [6.07, 6.45) is 5.19. The number of hydrogen-bond acceptors (Lipinski definition) is 3. The average molecular weight is 239 g/mol. The lowest BCUT2D eigenvalue weighted by molar-refractivity contribution is 0.270. The summed E-state index contributed by atoms with van der Waals surface area (Å²) in [5.74, 6) is 0. The van der Waals surface area contributed by atoms with E-state index in [0.29, 0.717) is 12.6 Å². The maximum Gasteiger partial charge on any atom is 0.0764 e. The molecular formula is C13H25N3O. The molecule has 0 amide bonds. The Morgan fingerprint density at radius 1 is 1.35 bits per heavy atom. The number of aromatic nitrogens is 2. The first kappa shape index (κ1) is 14.2. The SMILES string of the molecule is CC(C)n1ccc(CN(C)CCCCCO)n1. The number of aliphatic hydroxyl groups is 1. The second-order valence-electron chi connectivity index (χ2n) is 4.90. The fraction of sp³-hybridized carbons (Fsp3) is 0.769. The summed E-state index contributed by atoms with van der Waals surface area (Å²) in [7, 11) is 2.12. The molecule has 1 heterocycles. The average Bonchev–Trinajstić information content (AvgIpc) is 2.73. The van der Waals surface area contributed by atoms with Gasteiger partial charge in [0, 0.05) is 25.4 Å². The molecule has 1 aromatic heterocycles. The van der Waals surface area contributed by atoms with Gasteiger partial charge in [-0.2, -0.15) is 5.10 Å². The molecule has 0 bridgehead atoms. The second-order valence-corrected chi connectivity index (χ2v) is 4.90. The Balaban J connectivity index is 2.27. The smallest absolute Gasteiger partial charge is 0.0764 e. The molecular weight excluding hydrogens is 214 g/mol. The van der Waals surface area contributed by atoms with Gasteiger partial charge in [0.05, 0.1) is 5.69 Å². The third-order valence-electron chi connectivity index (χ3n) is 2.82. The van der Waals surface area contributed by atoms with Crippen molar-refractivity contribution in [3.63, 3.8) is 0 Å². The van der Waals surface area contributed by atoms with Gasteiger partial charge in [-0.1, -0.05) is 0 Å². The molecule has 0 spiro atoms. The minimum atomic E-state index is 0.308. The minimum absolute atomic E-state index is 0.308. The van der Waals surface area contributed by atoms with Gasteiger partial charge in [0.25, 0.3) is 0 Å². The van der Waals surface area contributed by atoms with Gasteiger partial charge < -0.3 is 10.0 Å². The van der Waals surface area contributed by atoms with Crippen LogP contribution in [0.15, 0.2) is 12.3 Å². The zero-order valence-corrected chi connectivity index (χ0v) is 11.3. The highest BCUT2D eigenvalue weighted by Gasteiger charge is 2.05. The van der Waals surface area contributed by atoms with E-state index in [1.807, 2.05) is 10.9 Å². The predicted octanol–water partition coefficient (Wildman–Crippen LogP) is 2.06. The molecule has 0 saturated carbocycles. The molecule has 0 aromatic carbocycles. The van der Waals surface area contributed by atoms with Crippen molar-refractivity contribution in [2.24, 2.45) is 0 Å². The molecule has 4 heteroatoms. The lowest BCUT2D eigenvalue weighted by Gasteiger charge is -2.14. The monoisotopic (exact) mass is 239 g/mol. The quantitative estimate of drug-likeness (QED) is 0.706. The topological polar surface area (TPSA) is 41.3 Å². The summed E-state index contributed by atoms with van der Waals surface area (Å²) < 4.78 is 1.99. The summed E-state index contributed by atoms with van der Waals surface area (Å²) >= 11 is 0. The van der Waals surface area contributed by atoms with Crippen LogP contribution in [0.25, 0.3) is 0 Å². The Morgan fingerprint density at radius 2 is 2.12 bits per heavy atom. The van der Waals surface area contributed by atoms with Gasteiger partial charge in [0.15, 0.2) is 0 Å². The zero-order chi connectivity index (χ0) is 12.7. The van der Waals surface area contributed by atoms with Crippen molar-refractivity contribution in [2.45, 2.75) is 45.7 Å². The van der Waals surface area contributed by atoms with E-state index in [4.69, 9.17) is 5.11 Å². The molecule has 0 fully saturated rings. The maximum atomic E-state index is 8.70. The first-order valence-corrected chi connectivity index (χ1v) is 6.47. The van der Waals surface area contributed by atoms with E-state index < -0.39 is 0 Å². The van der Waals surface area contributed by atoms with Crippen molar-refractivity contribution >= 4 is 0 Å². The van der Waals surface area contributed by atoms with Crippen molar-refractivity contribution in [1.82, 2.24) is 14.7 Å². The Bertz CT molecular complexity index is 309. The van der Waals surface area contributed by atoms with E-state index >= 15 is 0 Å². The van der Waals surface area contributed by atoms with Crippen LogP contribution in [0.3, 0.4) is 0 Å². The molecule has 0 atom stereocenters. The molecule has 0 unspecified atom stereocenters. The Morgan fingerprint density at radius 3 is 2.71 bits per heavy atom. The van der Waals surface area contributed by atoms with Crippen LogP contribution in [0.4, 0.5) is 0 Å². The Hall–Kier alpha value is -0.870. The van der Waals surface area contributed by atoms with E-state index in [2.05, 4.69) is 37.0 Å². The summed E-state index contributed by atoms with van der Waals surface area (Å²) in [6.45, 7) is 6.54. The van der Waals surface area contributed by atoms with Crippen molar-refractivity contribution in [2.75, 3.05) is 20.2 Å². The standard InChI is InChI=1S/C13H25N3O/c1-12(2)16-9-7-13(14-16)11-15(3)8-5-4-6-10-17/h7,9,12,17H,4-6,8,10-11H2,1-3H3. The summed E-state index contributed by atoms with van der Waals surface area (Å²) in [6, 6.07) is 2.52. The van der Waals surface area contributed by atoms with Crippen LogP contribution in [0.5, 0.6) is 0 Å². The molecule has 1 rings (SSSR count). The molecule has 0 saturated heterocycles. The molecule has 0 aliphatic carbocycles. The van der Waals surface area contributed by atoms with Gasteiger partial charge in [-0.05, 0) is 52.8 Å². The number of hydrogen-bond donors (Lipinski definition) is 1.